The van der Waals surface area contributed by atoms with E-state index in [-0.39, 0.29) is 6.61 Å². The van der Waals surface area contributed by atoms with Crippen molar-refractivity contribution in [1.82, 2.24) is 0 Å². The van der Waals surface area contributed by atoms with Crippen LogP contribution in [0.1, 0.15) is 40.0 Å². The Bertz CT molecular complexity index is 379. The van der Waals surface area contributed by atoms with Gasteiger partial charge in [-0.2, -0.15) is 0 Å². The van der Waals surface area contributed by atoms with Crippen LogP contribution < -0.4 is 0 Å². The zero-order valence-electron chi connectivity index (χ0n) is 14.6. The van der Waals surface area contributed by atoms with Gasteiger partial charge in [-0.15, -0.1) is 0 Å². The van der Waals surface area contributed by atoms with Gasteiger partial charge in [0.05, 0.1) is 25.2 Å². The predicted molar refractivity (Wildman–Crippen MR) is 88.6 cm³/mol. The molecule has 1 aliphatic carbocycles. The Labute approximate surface area is 139 Å². The molecule has 5 nitrogen and oxygen atoms in total. The third kappa shape index (κ3) is 5.90. The third-order valence-corrected chi connectivity index (χ3v) is 5.08. The summed E-state index contributed by atoms with van der Waals surface area (Å²) in [4.78, 5) is 11.9. The summed E-state index contributed by atoms with van der Waals surface area (Å²) in [5.41, 5.74) is -1.18. The van der Waals surface area contributed by atoms with Crippen LogP contribution in [0.2, 0.25) is 0 Å². The van der Waals surface area contributed by atoms with Crippen LogP contribution in [-0.2, 0) is 9.53 Å². The first kappa shape index (κ1) is 20.1. The monoisotopic (exact) mass is 328 g/mol. The summed E-state index contributed by atoms with van der Waals surface area (Å²) in [7, 11) is 0. The molecule has 1 saturated carbocycles. The van der Waals surface area contributed by atoms with Gasteiger partial charge >= 0.3 is 5.97 Å². The van der Waals surface area contributed by atoms with Crippen molar-refractivity contribution >= 4 is 5.97 Å². The Balaban J connectivity index is 2.59. The van der Waals surface area contributed by atoms with Crippen molar-refractivity contribution in [3.63, 3.8) is 0 Å². The average molecular weight is 328 g/mol. The maximum absolute atomic E-state index is 11.9. The summed E-state index contributed by atoms with van der Waals surface area (Å²) in [6.07, 6.45) is 6.91. The molecular formula is C18H32O5. The van der Waals surface area contributed by atoms with E-state index in [4.69, 9.17) is 4.74 Å². The van der Waals surface area contributed by atoms with Crippen LogP contribution in [0.25, 0.3) is 0 Å². The Morgan fingerprint density at radius 3 is 2.35 bits per heavy atom. The lowest BCUT2D eigenvalue weighted by Crippen LogP contribution is -2.39. The van der Waals surface area contributed by atoms with E-state index in [1.807, 2.05) is 6.08 Å². The number of hydrogen-bond donors (Lipinski definition) is 3. The molecule has 3 N–H and O–H groups in total. The minimum Gasteiger partial charge on any atom is -0.462 e. The fourth-order valence-electron chi connectivity index (χ4n) is 3.26. The SMILES string of the molecule is CC1CCC(C(C)C)C(C=CC(=O)OCC(CO)(CO)CO)C1. The van der Waals surface area contributed by atoms with Gasteiger partial charge in [0, 0.05) is 6.08 Å². The molecule has 0 spiro atoms. The number of allylic oxidation sites excluding steroid dienone is 1. The molecule has 0 amide bonds. The average Bonchev–Trinajstić information content (AvgIpc) is 2.54. The second-order valence-corrected chi connectivity index (χ2v) is 7.43. The van der Waals surface area contributed by atoms with Crippen molar-refractivity contribution in [2.45, 2.75) is 40.0 Å². The molecule has 23 heavy (non-hydrogen) atoms. The zero-order valence-corrected chi connectivity index (χ0v) is 14.6. The Morgan fingerprint density at radius 2 is 1.83 bits per heavy atom. The highest BCUT2D eigenvalue weighted by Gasteiger charge is 2.31. The van der Waals surface area contributed by atoms with Crippen molar-refractivity contribution < 1.29 is 24.9 Å². The first-order valence-corrected chi connectivity index (χ1v) is 8.55. The fraction of sp³-hybridized carbons (Fsp3) is 0.833. The smallest absolute Gasteiger partial charge is 0.330 e. The largest absolute Gasteiger partial charge is 0.462 e. The third-order valence-electron chi connectivity index (χ3n) is 5.08. The maximum atomic E-state index is 11.9. The van der Waals surface area contributed by atoms with Gasteiger partial charge in [-0.25, -0.2) is 4.79 Å². The molecule has 0 aliphatic heterocycles. The number of esters is 1. The van der Waals surface area contributed by atoms with Crippen molar-refractivity contribution in [3.8, 4) is 0 Å². The molecule has 1 fully saturated rings. The summed E-state index contributed by atoms with van der Waals surface area (Å²) in [6, 6.07) is 0. The standard InChI is InChI=1S/C18H32O5/c1-13(2)16-6-4-14(3)8-15(16)5-7-17(22)23-12-18(9-19,10-20)11-21/h5,7,13-16,19-21H,4,6,8-12H2,1-3H3. The van der Waals surface area contributed by atoms with Crippen LogP contribution in [0.4, 0.5) is 0 Å². The quantitative estimate of drug-likeness (QED) is 0.467. The number of rotatable bonds is 8. The Kier molecular flexibility index (Phi) is 8.23. The number of hydrogen-bond acceptors (Lipinski definition) is 5. The summed E-state index contributed by atoms with van der Waals surface area (Å²) < 4.78 is 5.09. The Hall–Kier alpha value is -0.910. The normalized spacial score (nSPS) is 26.0. The summed E-state index contributed by atoms with van der Waals surface area (Å²) >= 11 is 0. The number of carbonyl (C=O) groups is 1. The van der Waals surface area contributed by atoms with E-state index in [1.54, 1.807) is 0 Å². The van der Waals surface area contributed by atoms with Crippen LogP contribution in [0.15, 0.2) is 12.2 Å². The minimum absolute atomic E-state index is 0.200. The van der Waals surface area contributed by atoms with E-state index in [1.165, 1.54) is 18.9 Å². The molecule has 0 aromatic carbocycles. The maximum Gasteiger partial charge on any atom is 0.330 e. The molecular weight excluding hydrogens is 296 g/mol. The van der Waals surface area contributed by atoms with Crippen LogP contribution >= 0.6 is 0 Å². The van der Waals surface area contributed by atoms with Gasteiger partial charge in [0.15, 0.2) is 0 Å². The molecule has 0 aromatic rings. The van der Waals surface area contributed by atoms with Gasteiger partial charge in [-0.05, 0) is 36.5 Å². The molecule has 3 atom stereocenters. The molecule has 134 valence electrons. The highest BCUT2D eigenvalue weighted by atomic mass is 16.5. The summed E-state index contributed by atoms with van der Waals surface area (Å²) in [6.45, 7) is 5.17. The van der Waals surface area contributed by atoms with Gasteiger partial charge in [-0.1, -0.05) is 33.3 Å². The van der Waals surface area contributed by atoms with Gasteiger partial charge in [0.2, 0.25) is 0 Å². The molecule has 3 unspecified atom stereocenters. The lowest BCUT2D eigenvalue weighted by molar-refractivity contribution is -0.145. The van der Waals surface area contributed by atoms with Crippen molar-refractivity contribution in [3.05, 3.63) is 12.2 Å². The second kappa shape index (κ2) is 9.40. The van der Waals surface area contributed by atoms with E-state index >= 15 is 0 Å². The van der Waals surface area contributed by atoms with E-state index in [0.29, 0.717) is 23.7 Å². The molecule has 0 heterocycles. The first-order chi connectivity index (χ1) is 10.9. The molecule has 5 heteroatoms. The lowest BCUT2D eigenvalue weighted by atomic mass is 9.70. The van der Waals surface area contributed by atoms with Crippen molar-refractivity contribution in [1.29, 1.82) is 0 Å². The lowest BCUT2D eigenvalue weighted by Gasteiger charge is -2.35. The number of carbonyl (C=O) groups excluding carboxylic acids is 1. The molecule has 0 saturated heterocycles. The molecule has 0 radical (unpaired) electrons. The predicted octanol–water partition coefficient (Wildman–Crippen LogP) is 1.76. The van der Waals surface area contributed by atoms with Crippen molar-refractivity contribution in [2.75, 3.05) is 26.4 Å². The fourth-order valence-corrected chi connectivity index (χ4v) is 3.26. The second-order valence-electron chi connectivity index (χ2n) is 7.43. The number of aliphatic hydroxyl groups is 3. The number of ether oxygens (including phenoxy) is 1. The molecule has 1 aliphatic rings. The molecule has 0 bridgehead atoms. The summed E-state index contributed by atoms with van der Waals surface area (Å²) in [5, 5.41) is 27.7. The van der Waals surface area contributed by atoms with Gasteiger partial charge < -0.3 is 20.1 Å². The first-order valence-electron chi connectivity index (χ1n) is 8.55. The van der Waals surface area contributed by atoms with Crippen LogP contribution in [0.5, 0.6) is 0 Å². The number of aliphatic hydroxyl groups excluding tert-OH is 3. The topological polar surface area (TPSA) is 87.0 Å². The van der Waals surface area contributed by atoms with E-state index < -0.39 is 31.2 Å². The van der Waals surface area contributed by atoms with Crippen LogP contribution in [-0.4, -0.2) is 47.7 Å². The van der Waals surface area contributed by atoms with Gasteiger partial charge in [0.25, 0.3) is 0 Å². The van der Waals surface area contributed by atoms with Crippen LogP contribution in [0, 0.1) is 29.1 Å². The van der Waals surface area contributed by atoms with Crippen molar-refractivity contribution in [2.24, 2.45) is 29.1 Å². The Morgan fingerprint density at radius 1 is 1.22 bits per heavy atom. The zero-order chi connectivity index (χ0) is 17.5. The van der Waals surface area contributed by atoms with Gasteiger partial charge in [0.1, 0.15) is 6.61 Å². The minimum atomic E-state index is -1.18. The van der Waals surface area contributed by atoms with Crippen LogP contribution in [0.3, 0.4) is 0 Å². The highest BCUT2D eigenvalue weighted by molar-refractivity contribution is 5.81. The molecule has 1 rings (SSSR count). The van der Waals surface area contributed by atoms with E-state index in [0.717, 1.165) is 6.42 Å². The molecule has 0 aromatic heterocycles. The summed E-state index contributed by atoms with van der Waals surface area (Å²) in [5.74, 6) is 1.72. The van der Waals surface area contributed by atoms with Gasteiger partial charge in [-0.3, -0.25) is 0 Å². The van der Waals surface area contributed by atoms with E-state index in [2.05, 4.69) is 20.8 Å². The highest BCUT2D eigenvalue weighted by Crippen LogP contribution is 2.38. The van der Waals surface area contributed by atoms with E-state index in [9.17, 15) is 20.1 Å².